The molecule has 0 aromatic heterocycles. The van der Waals surface area contributed by atoms with Crippen LogP contribution in [0.1, 0.15) is 12.5 Å². The Balaban J connectivity index is 2.12. The summed E-state index contributed by atoms with van der Waals surface area (Å²) >= 11 is 0. The molecule has 0 spiro atoms. The fourth-order valence-corrected chi connectivity index (χ4v) is 1.57. The van der Waals surface area contributed by atoms with Crippen LogP contribution in [0.25, 0.3) is 0 Å². The van der Waals surface area contributed by atoms with Gasteiger partial charge in [-0.2, -0.15) is 0 Å². The van der Waals surface area contributed by atoms with Crippen LogP contribution in [0.5, 0.6) is 5.75 Å². The van der Waals surface area contributed by atoms with Crippen molar-refractivity contribution >= 4 is 6.09 Å². The fraction of sp³-hybridized carbons (Fsp3) is 0.500. The second-order valence-electron chi connectivity index (χ2n) is 4.33. The normalized spacial score (nSPS) is 11.9. The Kier molecular flexibility index (Phi) is 7.46. The second kappa shape index (κ2) is 9.17. The van der Waals surface area contributed by atoms with E-state index in [2.05, 4.69) is 17.0 Å². The van der Waals surface area contributed by atoms with Gasteiger partial charge in [0, 0.05) is 13.1 Å². The van der Waals surface area contributed by atoms with E-state index in [1.165, 1.54) is 5.56 Å². The van der Waals surface area contributed by atoms with Crippen LogP contribution in [0.4, 0.5) is 4.79 Å². The number of aliphatic hydroxyl groups excluding tert-OH is 1. The van der Waals surface area contributed by atoms with Gasteiger partial charge in [-0.25, -0.2) is 4.79 Å². The van der Waals surface area contributed by atoms with Gasteiger partial charge in [0.25, 0.3) is 0 Å². The van der Waals surface area contributed by atoms with Crippen LogP contribution in [0, 0.1) is 0 Å². The molecule has 0 radical (unpaired) electrons. The van der Waals surface area contributed by atoms with Crippen molar-refractivity contribution in [3.63, 3.8) is 0 Å². The van der Waals surface area contributed by atoms with Gasteiger partial charge in [0.15, 0.2) is 0 Å². The van der Waals surface area contributed by atoms with E-state index >= 15 is 0 Å². The molecule has 1 aromatic carbocycles. The molecular formula is C14H22N2O4. The maximum atomic E-state index is 10.3. The van der Waals surface area contributed by atoms with Gasteiger partial charge >= 0.3 is 6.09 Å². The van der Waals surface area contributed by atoms with Crippen LogP contribution in [-0.4, -0.2) is 43.6 Å². The molecule has 1 aromatic rings. The number of aliphatic hydroxyl groups is 1. The number of hydrogen-bond acceptors (Lipinski definition) is 5. The Morgan fingerprint density at radius 1 is 1.40 bits per heavy atom. The first-order valence-corrected chi connectivity index (χ1v) is 6.64. The molecule has 20 heavy (non-hydrogen) atoms. The third kappa shape index (κ3) is 6.96. The van der Waals surface area contributed by atoms with E-state index in [-0.39, 0.29) is 13.2 Å². The van der Waals surface area contributed by atoms with Crippen molar-refractivity contribution in [1.82, 2.24) is 5.32 Å². The lowest BCUT2D eigenvalue weighted by atomic mass is 10.2. The van der Waals surface area contributed by atoms with Crippen LogP contribution in [-0.2, 0) is 11.2 Å². The van der Waals surface area contributed by atoms with Gasteiger partial charge in [-0.3, -0.25) is 0 Å². The molecule has 0 bridgehead atoms. The largest absolute Gasteiger partial charge is 0.491 e. The molecule has 4 N–H and O–H groups in total. The maximum absolute atomic E-state index is 10.3. The minimum Gasteiger partial charge on any atom is -0.491 e. The zero-order chi connectivity index (χ0) is 14.8. The zero-order valence-corrected chi connectivity index (χ0v) is 11.7. The molecule has 0 aliphatic rings. The Labute approximate surface area is 118 Å². The second-order valence-corrected chi connectivity index (χ2v) is 4.33. The Hall–Kier alpha value is -1.79. The first kappa shape index (κ1) is 16.3. The van der Waals surface area contributed by atoms with E-state index in [1.807, 2.05) is 24.3 Å². The predicted octanol–water partition coefficient (Wildman–Crippen LogP) is 0.674. The summed E-state index contributed by atoms with van der Waals surface area (Å²) in [5.74, 6) is 0.735. The summed E-state index contributed by atoms with van der Waals surface area (Å²) in [5.41, 5.74) is 6.05. The number of ether oxygens (including phenoxy) is 2. The molecule has 1 amide bonds. The van der Waals surface area contributed by atoms with Crippen molar-refractivity contribution in [2.45, 2.75) is 19.4 Å². The van der Waals surface area contributed by atoms with Crippen LogP contribution >= 0.6 is 0 Å². The summed E-state index contributed by atoms with van der Waals surface area (Å²) in [6.07, 6.45) is -0.444. The van der Waals surface area contributed by atoms with Crippen LogP contribution < -0.4 is 15.8 Å². The summed E-state index contributed by atoms with van der Waals surface area (Å²) in [6.45, 7) is 3.27. The summed E-state index contributed by atoms with van der Waals surface area (Å²) in [6, 6.07) is 7.78. The van der Waals surface area contributed by atoms with E-state index in [0.717, 1.165) is 12.2 Å². The molecule has 1 unspecified atom stereocenters. The van der Waals surface area contributed by atoms with Crippen molar-refractivity contribution in [3.8, 4) is 5.75 Å². The highest BCUT2D eigenvalue weighted by Gasteiger charge is 2.05. The highest BCUT2D eigenvalue weighted by Crippen LogP contribution is 2.12. The number of rotatable bonds is 9. The molecule has 112 valence electrons. The van der Waals surface area contributed by atoms with Crippen LogP contribution in [0.15, 0.2) is 24.3 Å². The third-order valence-electron chi connectivity index (χ3n) is 2.68. The molecule has 0 saturated heterocycles. The minimum atomic E-state index is -0.800. The third-order valence-corrected chi connectivity index (χ3v) is 2.68. The van der Waals surface area contributed by atoms with Gasteiger partial charge in [0.1, 0.15) is 25.1 Å². The SMILES string of the molecule is CCc1ccc(OCC(O)CNCCOC(N)=O)cc1. The summed E-state index contributed by atoms with van der Waals surface area (Å²) in [4.78, 5) is 10.3. The van der Waals surface area contributed by atoms with Gasteiger partial charge in [0.2, 0.25) is 0 Å². The van der Waals surface area contributed by atoms with Gasteiger partial charge in [-0.05, 0) is 24.1 Å². The Morgan fingerprint density at radius 3 is 2.70 bits per heavy atom. The summed E-state index contributed by atoms with van der Waals surface area (Å²) in [7, 11) is 0. The van der Waals surface area contributed by atoms with Crippen molar-refractivity contribution < 1.29 is 19.4 Å². The fourth-order valence-electron chi connectivity index (χ4n) is 1.57. The lowest BCUT2D eigenvalue weighted by Crippen LogP contribution is -2.33. The highest BCUT2D eigenvalue weighted by molar-refractivity contribution is 5.64. The van der Waals surface area contributed by atoms with Crippen LogP contribution in [0.2, 0.25) is 0 Å². The Bertz CT molecular complexity index is 395. The Morgan fingerprint density at radius 2 is 2.10 bits per heavy atom. The van der Waals surface area contributed by atoms with Crippen LogP contribution in [0.3, 0.4) is 0 Å². The maximum Gasteiger partial charge on any atom is 0.404 e. The highest BCUT2D eigenvalue weighted by atomic mass is 16.5. The summed E-state index contributed by atoms with van der Waals surface area (Å²) < 4.78 is 10.0. The first-order chi connectivity index (χ1) is 9.61. The first-order valence-electron chi connectivity index (χ1n) is 6.64. The number of benzene rings is 1. The lowest BCUT2D eigenvalue weighted by molar-refractivity contribution is 0.104. The number of amides is 1. The van der Waals surface area contributed by atoms with E-state index in [0.29, 0.717) is 13.1 Å². The number of nitrogens with two attached hydrogens (primary N) is 1. The van der Waals surface area contributed by atoms with Gasteiger partial charge in [-0.15, -0.1) is 0 Å². The average Bonchev–Trinajstić information content (AvgIpc) is 2.45. The molecule has 0 aliphatic heterocycles. The molecule has 6 nitrogen and oxygen atoms in total. The average molecular weight is 282 g/mol. The number of hydrogen-bond donors (Lipinski definition) is 3. The molecule has 0 aliphatic carbocycles. The zero-order valence-electron chi connectivity index (χ0n) is 11.7. The van der Waals surface area contributed by atoms with E-state index in [1.54, 1.807) is 0 Å². The van der Waals surface area contributed by atoms with E-state index in [9.17, 15) is 9.90 Å². The molecule has 1 atom stereocenters. The van der Waals surface area contributed by atoms with Gasteiger partial charge in [0.05, 0.1) is 0 Å². The minimum absolute atomic E-state index is 0.182. The number of carbonyl (C=O) groups excluding carboxylic acids is 1. The number of carbonyl (C=O) groups is 1. The number of nitrogens with one attached hydrogen (secondary N) is 1. The molecular weight excluding hydrogens is 260 g/mol. The van der Waals surface area contributed by atoms with Gasteiger partial charge < -0.3 is 25.6 Å². The topological polar surface area (TPSA) is 93.8 Å². The van der Waals surface area contributed by atoms with Crippen molar-refractivity contribution in [3.05, 3.63) is 29.8 Å². The molecule has 0 heterocycles. The van der Waals surface area contributed by atoms with E-state index < -0.39 is 12.2 Å². The van der Waals surface area contributed by atoms with Crippen molar-refractivity contribution in [1.29, 1.82) is 0 Å². The monoisotopic (exact) mass is 282 g/mol. The molecule has 0 saturated carbocycles. The smallest absolute Gasteiger partial charge is 0.404 e. The summed E-state index contributed by atoms with van der Waals surface area (Å²) in [5, 5.41) is 12.6. The van der Waals surface area contributed by atoms with Gasteiger partial charge in [-0.1, -0.05) is 19.1 Å². The molecule has 1 rings (SSSR count). The number of aryl methyl sites for hydroxylation is 1. The lowest BCUT2D eigenvalue weighted by Gasteiger charge is -2.13. The quantitative estimate of drug-likeness (QED) is 0.579. The molecule has 0 fully saturated rings. The predicted molar refractivity (Wildman–Crippen MR) is 75.7 cm³/mol. The molecule has 6 heteroatoms. The standard InChI is InChI=1S/C14H22N2O4/c1-2-11-3-5-13(6-4-11)20-10-12(17)9-16-7-8-19-14(15)18/h3-6,12,16-17H,2,7-10H2,1H3,(H2,15,18). The van der Waals surface area contributed by atoms with Crippen molar-refractivity contribution in [2.75, 3.05) is 26.3 Å². The van der Waals surface area contributed by atoms with Crippen molar-refractivity contribution in [2.24, 2.45) is 5.73 Å². The van der Waals surface area contributed by atoms with E-state index in [4.69, 9.17) is 10.5 Å². The number of primary amides is 1.